The quantitative estimate of drug-likeness (QED) is 0.586. The van der Waals surface area contributed by atoms with E-state index in [0.717, 1.165) is 29.4 Å². The number of H-pyrrole nitrogens is 1. The molecule has 1 fully saturated rings. The van der Waals surface area contributed by atoms with Crippen LogP contribution in [0.15, 0.2) is 59.7 Å². The predicted molar refractivity (Wildman–Crippen MR) is 106 cm³/mol. The Kier molecular flexibility index (Phi) is 3.93. The molecule has 0 aliphatic carbocycles. The number of hydrogen-bond donors (Lipinski definition) is 1. The maximum absolute atomic E-state index is 12.9. The van der Waals surface area contributed by atoms with Gasteiger partial charge in [-0.15, -0.1) is 0 Å². The number of aromatic nitrogens is 4. The Hall–Kier alpha value is -3.48. The average molecular weight is 373 g/mol. The summed E-state index contributed by atoms with van der Waals surface area (Å²) in [5.74, 6) is -0.00252. The van der Waals surface area contributed by atoms with Gasteiger partial charge in [-0.2, -0.15) is 0 Å². The van der Waals surface area contributed by atoms with Crippen molar-refractivity contribution in [3.8, 4) is 0 Å². The van der Waals surface area contributed by atoms with Crippen LogP contribution in [0.5, 0.6) is 0 Å². The fourth-order valence-corrected chi connectivity index (χ4v) is 4.04. The second kappa shape index (κ2) is 6.60. The lowest BCUT2D eigenvalue weighted by Gasteiger charge is -2.32. The Morgan fingerprint density at radius 3 is 2.57 bits per heavy atom. The molecule has 1 amide bonds. The van der Waals surface area contributed by atoms with Gasteiger partial charge in [0.15, 0.2) is 0 Å². The van der Waals surface area contributed by atoms with Crippen LogP contribution in [0.3, 0.4) is 0 Å². The first kappa shape index (κ1) is 16.7. The lowest BCUT2D eigenvalue weighted by Crippen LogP contribution is -2.40. The van der Waals surface area contributed by atoms with Gasteiger partial charge in [0.1, 0.15) is 0 Å². The molecule has 28 heavy (non-hydrogen) atoms. The van der Waals surface area contributed by atoms with Gasteiger partial charge in [0.2, 0.25) is 0 Å². The Morgan fingerprint density at radius 1 is 1.00 bits per heavy atom. The normalized spacial score (nSPS) is 15.4. The number of likely N-dealkylation sites (tertiary alicyclic amines) is 1. The third-order valence-electron chi connectivity index (χ3n) is 5.46. The van der Waals surface area contributed by atoms with Crippen LogP contribution in [0.1, 0.15) is 29.2 Å². The number of hydrogen-bond acceptors (Lipinski definition) is 4. The molecule has 7 nitrogen and oxygen atoms in total. The molecule has 5 rings (SSSR count). The van der Waals surface area contributed by atoms with Crippen LogP contribution in [0.4, 0.5) is 0 Å². The van der Waals surface area contributed by atoms with E-state index in [1.165, 1.54) is 0 Å². The van der Waals surface area contributed by atoms with Crippen molar-refractivity contribution in [3.63, 3.8) is 0 Å². The van der Waals surface area contributed by atoms with Gasteiger partial charge in [0.25, 0.3) is 5.91 Å². The van der Waals surface area contributed by atoms with Gasteiger partial charge in [-0.25, -0.2) is 4.79 Å². The molecule has 7 heteroatoms. The summed E-state index contributed by atoms with van der Waals surface area (Å²) in [6.45, 7) is 1.24. The minimum absolute atomic E-state index is 0.00252. The van der Waals surface area contributed by atoms with Gasteiger partial charge in [-0.1, -0.05) is 12.1 Å². The molecular weight excluding hydrogens is 354 g/mol. The van der Waals surface area contributed by atoms with Crippen molar-refractivity contribution >= 4 is 28.0 Å². The van der Waals surface area contributed by atoms with Crippen LogP contribution in [-0.4, -0.2) is 43.4 Å². The molecule has 0 unspecified atom stereocenters. The van der Waals surface area contributed by atoms with Gasteiger partial charge in [-0.3, -0.25) is 19.3 Å². The lowest BCUT2D eigenvalue weighted by atomic mass is 10.0. The summed E-state index contributed by atoms with van der Waals surface area (Å²) >= 11 is 0. The second-order valence-electron chi connectivity index (χ2n) is 7.10. The highest BCUT2D eigenvalue weighted by Crippen LogP contribution is 2.26. The van der Waals surface area contributed by atoms with Crippen molar-refractivity contribution < 1.29 is 4.79 Å². The van der Waals surface area contributed by atoms with E-state index in [4.69, 9.17) is 0 Å². The summed E-state index contributed by atoms with van der Waals surface area (Å²) in [5, 5.41) is 0. The van der Waals surface area contributed by atoms with Crippen molar-refractivity contribution in [1.82, 2.24) is 24.4 Å². The highest BCUT2D eigenvalue weighted by Gasteiger charge is 2.26. The van der Waals surface area contributed by atoms with E-state index in [9.17, 15) is 9.59 Å². The van der Waals surface area contributed by atoms with Crippen molar-refractivity contribution in [2.75, 3.05) is 13.1 Å². The monoisotopic (exact) mass is 373 g/mol. The number of nitrogens with zero attached hydrogens (tertiary/aromatic N) is 4. The maximum Gasteiger partial charge on any atom is 0.326 e. The van der Waals surface area contributed by atoms with Crippen LogP contribution in [0, 0.1) is 0 Å². The maximum atomic E-state index is 12.9. The van der Waals surface area contributed by atoms with Gasteiger partial charge in [0.05, 0.1) is 22.1 Å². The Labute approximate surface area is 160 Å². The number of rotatable bonds is 2. The zero-order chi connectivity index (χ0) is 19.1. The van der Waals surface area contributed by atoms with Gasteiger partial charge in [-0.05, 0) is 43.2 Å². The molecule has 1 aliphatic rings. The molecule has 0 radical (unpaired) electrons. The number of piperidine rings is 1. The van der Waals surface area contributed by atoms with Gasteiger partial charge >= 0.3 is 5.69 Å². The van der Waals surface area contributed by atoms with E-state index in [0.29, 0.717) is 24.2 Å². The average Bonchev–Trinajstić information content (AvgIpc) is 3.08. The van der Waals surface area contributed by atoms with Crippen LogP contribution >= 0.6 is 0 Å². The zero-order valence-corrected chi connectivity index (χ0v) is 15.2. The molecule has 0 saturated carbocycles. The van der Waals surface area contributed by atoms with Gasteiger partial charge < -0.3 is 9.88 Å². The first-order valence-corrected chi connectivity index (χ1v) is 9.40. The Bertz CT molecular complexity index is 1230. The minimum atomic E-state index is -0.0842. The number of para-hydroxylation sites is 2. The minimum Gasteiger partial charge on any atom is -0.338 e. The summed E-state index contributed by atoms with van der Waals surface area (Å²) in [6.07, 6.45) is 4.77. The van der Waals surface area contributed by atoms with E-state index in [1.807, 2.05) is 39.8 Å². The number of carbonyl (C=O) groups is 1. The highest BCUT2D eigenvalue weighted by atomic mass is 16.2. The molecule has 2 aromatic carbocycles. The summed E-state index contributed by atoms with van der Waals surface area (Å²) in [6, 6.07) is 13.2. The van der Waals surface area contributed by atoms with E-state index in [-0.39, 0.29) is 17.6 Å². The number of benzene rings is 2. The molecule has 1 N–H and O–H groups in total. The molecule has 140 valence electrons. The smallest absolute Gasteiger partial charge is 0.326 e. The number of fused-ring (bicyclic) bond motifs is 2. The third kappa shape index (κ3) is 2.76. The van der Waals surface area contributed by atoms with E-state index in [1.54, 1.807) is 24.5 Å². The van der Waals surface area contributed by atoms with Crippen molar-refractivity contribution in [1.29, 1.82) is 0 Å². The standard InChI is InChI=1S/C21H19N5O2/c27-20(14-5-6-16-18(13-14)23-10-9-22-16)25-11-7-15(8-12-25)26-19-4-2-1-3-17(19)24-21(26)28/h1-6,9-10,13,15H,7-8,11-12H2,(H,24,28). The summed E-state index contributed by atoms with van der Waals surface area (Å²) < 4.78 is 1.84. The third-order valence-corrected chi connectivity index (χ3v) is 5.46. The molecule has 2 aromatic heterocycles. The fourth-order valence-electron chi connectivity index (χ4n) is 4.04. The van der Waals surface area contributed by atoms with Gasteiger partial charge in [0, 0.05) is 37.1 Å². The number of nitrogens with one attached hydrogen (secondary N) is 1. The molecule has 1 aliphatic heterocycles. The van der Waals surface area contributed by atoms with Crippen LogP contribution < -0.4 is 5.69 Å². The Morgan fingerprint density at radius 2 is 1.75 bits per heavy atom. The summed E-state index contributed by atoms with van der Waals surface area (Å²) in [7, 11) is 0. The molecule has 0 spiro atoms. The summed E-state index contributed by atoms with van der Waals surface area (Å²) in [4.78, 5) is 38.6. The predicted octanol–water partition coefficient (Wildman–Crippen LogP) is 2.75. The Balaban J connectivity index is 1.35. The molecular formula is C21H19N5O2. The number of imidazole rings is 1. The van der Waals surface area contributed by atoms with Crippen molar-refractivity contribution in [2.45, 2.75) is 18.9 Å². The van der Waals surface area contributed by atoms with E-state index >= 15 is 0 Å². The number of carbonyl (C=O) groups excluding carboxylic acids is 1. The first-order chi connectivity index (χ1) is 13.7. The number of amides is 1. The lowest BCUT2D eigenvalue weighted by molar-refractivity contribution is 0.0695. The van der Waals surface area contributed by atoms with Crippen molar-refractivity contribution in [2.24, 2.45) is 0 Å². The van der Waals surface area contributed by atoms with Crippen molar-refractivity contribution in [3.05, 3.63) is 70.9 Å². The molecule has 0 bridgehead atoms. The first-order valence-electron chi connectivity index (χ1n) is 9.40. The molecule has 0 atom stereocenters. The summed E-state index contributed by atoms with van der Waals surface area (Å²) in [5.41, 5.74) is 3.80. The molecule has 3 heterocycles. The SMILES string of the molecule is O=C(c1ccc2nccnc2c1)N1CCC(n2c(=O)[nH]c3ccccc32)CC1. The van der Waals surface area contributed by atoms with Crippen LogP contribution in [0.25, 0.3) is 22.1 Å². The highest BCUT2D eigenvalue weighted by molar-refractivity contribution is 5.97. The zero-order valence-electron chi connectivity index (χ0n) is 15.2. The largest absolute Gasteiger partial charge is 0.338 e. The van der Waals surface area contributed by atoms with E-state index < -0.39 is 0 Å². The van der Waals surface area contributed by atoms with E-state index in [2.05, 4.69) is 15.0 Å². The van der Waals surface area contributed by atoms with Crippen LogP contribution in [-0.2, 0) is 0 Å². The topological polar surface area (TPSA) is 83.9 Å². The fraction of sp³-hybridized carbons (Fsp3) is 0.238. The molecule has 4 aromatic rings. The second-order valence-corrected chi connectivity index (χ2v) is 7.10. The molecule has 1 saturated heterocycles. The van der Waals surface area contributed by atoms with Crippen LogP contribution in [0.2, 0.25) is 0 Å². The number of aromatic amines is 1.